The normalized spacial score (nSPS) is 7.18. The molecule has 0 aliphatic rings. The number of hydrogen-bond acceptors (Lipinski definition) is 3. The summed E-state index contributed by atoms with van der Waals surface area (Å²) >= 11 is 4.74. The van der Waals surface area contributed by atoms with Crippen LogP contribution in [0, 0.1) is 16.7 Å². The zero-order chi connectivity index (χ0) is 8.69. The van der Waals surface area contributed by atoms with E-state index in [1.807, 2.05) is 5.87 Å². The van der Waals surface area contributed by atoms with Crippen molar-refractivity contribution in [3.05, 3.63) is 18.2 Å². The van der Waals surface area contributed by atoms with Crippen LogP contribution < -0.4 is 5.32 Å². The van der Waals surface area contributed by atoms with Crippen LogP contribution in [0.4, 0.5) is 0 Å². The van der Waals surface area contributed by atoms with Gasteiger partial charge in [0.2, 0.25) is 0 Å². The zero-order valence-electron chi connectivity index (χ0n) is 5.85. The molecule has 0 saturated heterocycles. The van der Waals surface area contributed by atoms with Gasteiger partial charge in [-0.1, -0.05) is 18.3 Å². The lowest BCUT2D eigenvalue weighted by Crippen LogP contribution is -2.22. The van der Waals surface area contributed by atoms with Gasteiger partial charge in [0.1, 0.15) is 16.6 Å². The van der Waals surface area contributed by atoms with E-state index in [1.54, 1.807) is 12.1 Å². The van der Waals surface area contributed by atoms with Gasteiger partial charge in [0, 0.05) is 12.4 Å². The Balaban J connectivity index is 4.15. The summed E-state index contributed by atoms with van der Waals surface area (Å²) in [6.07, 6.45) is 1.62. The first-order valence-electron chi connectivity index (χ1n) is 2.85. The Kier molecular flexibility index (Phi) is 4.67. The molecule has 0 heterocycles. The van der Waals surface area contributed by atoms with E-state index in [1.165, 1.54) is 0 Å². The summed E-state index contributed by atoms with van der Waals surface area (Å²) in [6, 6.07) is 1.74. The zero-order valence-corrected chi connectivity index (χ0v) is 6.66. The molecule has 0 spiro atoms. The van der Waals surface area contributed by atoms with Gasteiger partial charge >= 0.3 is 0 Å². The third-order valence-electron chi connectivity index (χ3n) is 0.871. The Labute approximate surface area is 70.5 Å². The van der Waals surface area contributed by atoms with Crippen molar-refractivity contribution in [2.75, 3.05) is 6.54 Å². The number of nitriles is 1. The minimum Gasteiger partial charge on any atom is -0.371 e. The molecule has 0 fully saturated rings. The summed E-state index contributed by atoms with van der Waals surface area (Å²) in [7, 11) is 0. The maximum Gasteiger partial charge on any atom is 0.147 e. The third-order valence-corrected chi connectivity index (χ3v) is 1.22. The molecule has 11 heavy (non-hydrogen) atoms. The van der Waals surface area contributed by atoms with Crippen LogP contribution in [-0.4, -0.2) is 17.4 Å². The van der Waals surface area contributed by atoms with Crippen molar-refractivity contribution in [1.82, 2.24) is 5.32 Å². The summed E-state index contributed by atoms with van der Waals surface area (Å²) in [5.41, 5.74) is 0.0434. The monoisotopic (exact) mass is 165 g/mol. The largest absolute Gasteiger partial charge is 0.371 e. The van der Waals surface area contributed by atoms with E-state index < -0.39 is 0 Å². The molecule has 3 nitrogen and oxygen atoms in total. The van der Waals surface area contributed by atoms with Crippen LogP contribution >= 0.6 is 12.2 Å². The van der Waals surface area contributed by atoms with Crippen LogP contribution in [0.2, 0.25) is 0 Å². The second-order valence-electron chi connectivity index (χ2n) is 1.61. The summed E-state index contributed by atoms with van der Waals surface area (Å²) in [5, 5.41) is 17.7. The first-order chi connectivity index (χ1) is 5.26. The first-order valence-corrected chi connectivity index (χ1v) is 3.26. The number of thiocarbonyl (C=S) groups is 1. The Morgan fingerprint density at radius 1 is 1.82 bits per heavy atom. The molecule has 4 heteroatoms. The van der Waals surface area contributed by atoms with Gasteiger partial charge < -0.3 is 5.32 Å². The second-order valence-corrected chi connectivity index (χ2v) is 2.02. The van der Waals surface area contributed by atoms with Crippen LogP contribution in [0.3, 0.4) is 0 Å². The first kappa shape index (κ1) is 9.57. The highest BCUT2D eigenvalue weighted by atomic mass is 32.1. The number of nitrogens with zero attached hydrogens (tertiary/aromatic N) is 1. The average molecular weight is 165 g/mol. The van der Waals surface area contributed by atoms with Gasteiger partial charge in [-0.15, -0.1) is 6.58 Å². The van der Waals surface area contributed by atoms with Crippen LogP contribution in [0.15, 0.2) is 18.2 Å². The van der Waals surface area contributed by atoms with E-state index in [4.69, 9.17) is 22.9 Å². The highest BCUT2D eigenvalue weighted by Crippen LogP contribution is 1.87. The molecule has 0 saturated carbocycles. The summed E-state index contributed by atoms with van der Waals surface area (Å²) in [4.78, 5) is 0.238. The van der Waals surface area contributed by atoms with Gasteiger partial charge in [-0.05, 0) is 0 Å². The molecular weight excluding hydrogens is 158 g/mol. The topological polar surface area (TPSA) is 59.7 Å². The predicted octanol–water partition coefficient (Wildman–Crippen LogP) is 0.788. The molecule has 0 aliphatic heterocycles. The lowest BCUT2D eigenvalue weighted by Gasteiger charge is -1.99. The lowest BCUT2D eigenvalue weighted by atomic mass is 10.3. The molecule has 0 aliphatic carbocycles. The fourth-order valence-electron chi connectivity index (χ4n) is 0.389. The molecule has 56 valence electrons. The maximum absolute atomic E-state index is 8.37. The minimum atomic E-state index is 0.0434. The highest BCUT2D eigenvalue weighted by Gasteiger charge is 2.00. The lowest BCUT2D eigenvalue weighted by molar-refractivity contribution is 1.07. The number of hydrogen-bond donors (Lipinski definition) is 2. The molecule has 0 aromatic carbocycles. The fraction of sp³-hybridized carbons (Fsp3) is 0.143. The van der Waals surface area contributed by atoms with E-state index in [-0.39, 0.29) is 10.6 Å². The Bertz CT molecular complexity index is 255. The van der Waals surface area contributed by atoms with E-state index in [9.17, 15) is 0 Å². The number of nitrogens with one attached hydrogen (secondary N) is 2. The van der Waals surface area contributed by atoms with Gasteiger partial charge in [-0.3, -0.25) is 5.41 Å². The molecule has 0 rings (SSSR count). The smallest absolute Gasteiger partial charge is 0.147 e. The van der Waals surface area contributed by atoms with E-state index in [2.05, 4.69) is 11.9 Å². The Hall–Kier alpha value is -1.43. The summed E-state index contributed by atoms with van der Waals surface area (Å²) < 4.78 is 0. The molecule has 2 N–H and O–H groups in total. The SMILES string of the molecule is C=CCNC(=S)C(=C=N)C#N. The van der Waals surface area contributed by atoms with Crippen molar-refractivity contribution in [2.24, 2.45) is 0 Å². The third kappa shape index (κ3) is 3.31. The van der Waals surface area contributed by atoms with Gasteiger partial charge in [0.05, 0.1) is 0 Å². The van der Waals surface area contributed by atoms with Gasteiger partial charge in [0.15, 0.2) is 0 Å². The highest BCUT2D eigenvalue weighted by molar-refractivity contribution is 7.80. The molecule has 0 unspecified atom stereocenters. The van der Waals surface area contributed by atoms with E-state index >= 15 is 0 Å². The van der Waals surface area contributed by atoms with Crippen LogP contribution in [0.25, 0.3) is 0 Å². The van der Waals surface area contributed by atoms with Crippen molar-refractivity contribution >= 4 is 23.1 Å². The van der Waals surface area contributed by atoms with Gasteiger partial charge in [-0.25, -0.2) is 0 Å². The van der Waals surface area contributed by atoms with Crippen molar-refractivity contribution < 1.29 is 0 Å². The van der Waals surface area contributed by atoms with Crippen molar-refractivity contribution in [1.29, 1.82) is 10.7 Å². The van der Waals surface area contributed by atoms with Crippen LogP contribution in [0.5, 0.6) is 0 Å². The molecule has 0 aromatic rings. The molecule has 0 atom stereocenters. The van der Waals surface area contributed by atoms with Crippen LogP contribution in [-0.2, 0) is 0 Å². The van der Waals surface area contributed by atoms with E-state index in [0.29, 0.717) is 6.54 Å². The van der Waals surface area contributed by atoms with Crippen LogP contribution in [0.1, 0.15) is 0 Å². The minimum absolute atomic E-state index is 0.0434. The maximum atomic E-state index is 8.37. The van der Waals surface area contributed by atoms with E-state index in [0.717, 1.165) is 0 Å². The molecule has 0 amide bonds. The van der Waals surface area contributed by atoms with Crippen molar-refractivity contribution in [3.63, 3.8) is 0 Å². The second kappa shape index (κ2) is 5.36. The van der Waals surface area contributed by atoms with Gasteiger partial charge in [-0.2, -0.15) is 5.26 Å². The van der Waals surface area contributed by atoms with Gasteiger partial charge in [0.25, 0.3) is 0 Å². The Morgan fingerprint density at radius 2 is 2.45 bits per heavy atom. The molecular formula is C7H7N3S. The molecule has 0 bridgehead atoms. The summed E-state index contributed by atoms with van der Waals surface area (Å²) in [6.45, 7) is 3.95. The predicted molar refractivity (Wildman–Crippen MR) is 47.7 cm³/mol. The van der Waals surface area contributed by atoms with Crippen molar-refractivity contribution in [2.45, 2.75) is 0 Å². The standard InChI is InChI=1S/C7H7N3S/c1-2-3-10-7(11)6(4-8)5-9/h2,8H,1,3H2,(H,10,11). The Morgan fingerprint density at radius 3 is 2.82 bits per heavy atom. The molecule has 0 radical (unpaired) electrons. The molecule has 0 aromatic heterocycles. The average Bonchev–Trinajstić information content (AvgIpc) is 2.03. The quantitative estimate of drug-likeness (QED) is 0.214. The summed E-state index contributed by atoms with van der Waals surface area (Å²) in [5.74, 6) is 1.93. The fourth-order valence-corrected chi connectivity index (χ4v) is 0.569. The van der Waals surface area contributed by atoms with Crippen molar-refractivity contribution in [3.8, 4) is 6.07 Å². The number of rotatable bonds is 3.